The Labute approximate surface area is 328 Å². The third-order valence-corrected chi connectivity index (χ3v) is 11.8. The van der Waals surface area contributed by atoms with Crippen molar-refractivity contribution in [3.63, 3.8) is 0 Å². The van der Waals surface area contributed by atoms with Crippen molar-refractivity contribution in [2.24, 2.45) is 0 Å². The van der Waals surface area contributed by atoms with Crippen LogP contribution in [0.3, 0.4) is 0 Å². The smallest absolute Gasteiger partial charge is 0.164 e. The van der Waals surface area contributed by atoms with E-state index in [1.807, 2.05) is 26.0 Å². The first-order chi connectivity index (χ1) is 27.1. The zero-order valence-electron chi connectivity index (χ0n) is 32.5. The molecule has 0 atom stereocenters. The van der Waals surface area contributed by atoms with E-state index in [0.29, 0.717) is 17.5 Å². The molecule has 0 saturated carbocycles. The molecule has 0 N–H and O–H groups in total. The average molecular weight is 724 g/mol. The summed E-state index contributed by atoms with van der Waals surface area (Å²) in [6.07, 6.45) is 0. The summed E-state index contributed by atoms with van der Waals surface area (Å²) in [6.45, 7) is 13.3. The lowest BCUT2D eigenvalue weighted by molar-refractivity contribution is 0.660. The van der Waals surface area contributed by atoms with Crippen LogP contribution in [0.4, 0.5) is 0 Å². The lowest BCUT2D eigenvalue weighted by Gasteiger charge is -2.25. The quantitative estimate of drug-likeness (QED) is 0.177. The highest BCUT2D eigenvalue weighted by Gasteiger charge is 2.40. The monoisotopic (exact) mass is 723 g/mol. The molecule has 5 nitrogen and oxygen atoms in total. The molecule has 5 aromatic carbocycles. The molecule has 0 fully saturated rings. The SMILES string of the molecule is Cc1cccc(-c2cc(-c3cccc(C)n3)cc(-c3nc(-c4cccc5c4C(C)(C)c4ccccc4-5)nc(-c4cccc5c4C(C)(C)c4ccccc4-5)n3)c2)n1. The number of pyridine rings is 2. The first kappa shape index (κ1) is 33.9. The molecule has 270 valence electrons. The first-order valence-electron chi connectivity index (χ1n) is 19.3. The van der Waals surface area contributed by atoms with Gasteiger partial charge in [-0.25, -0.2) is 15.0 Å². The van der Waals surface area contributed by atoms with Crippen molar-refractivity contribution < 1.29 is 0 Å². The number of aromatic nitrogens is 5. The summed E-state index contributed by atoms with van der Waals surface area (Å²) in [4.78, 5) is 26.2. The number of fused-ring (bicyclic) bond motifs is 6. The van der Waals surface area contributed by atoms with Crippen molar-refractivity contribution in [2.45, 2.75) is 52.4 Å². The fourth-order valence-electron chi connectivity index (χ4n) is 9.27. The standard InChI is InChI=1S/C51H41N5/c1-30-15-11-25-43(52-30)32-27-33(44-26-12-16-31(2)53-44)29-34(28-32)47-54-48(39-21-13-19-37-35-17-7-9-23-41(35)50(3,4)45(37)39)56-49(55-47)40-22-14-20-38-36-18-8-10-24-42(36)51(5,6)46(38)40/h7-29H,1-6H3. The lowest BCUT2D eigenvalue weighted by atomic mass is 9.79. The lowest BCUT2D eigenvalue weighted by Crippen LogP contribution is -2.18. The first-order valence-corrected chi connectivity index (χ1v) is 19.3. The molecular formula is C51H41N5. The highest BCUT2D eigenvalue weighted by molar-refractivity contribution is 5.90. The number of hydrogen-bond donors (Lipinski definition) is 0. The van der Waals surface area contributed by atoms with Crippen LogP contribution < -0.4 is 0 Å². The third kappa shape index (κ3) is 5.25. The summed E-state index contributed by atoms with van der Waals surface area (Å²) in [5.74, 6) is 1.91. The van der Waals surface area contributed by atoms with Gasteiger partial charge in [0.1, 0.15) is 0 Å². The molecule has 2 aliphatic carbocycles. The Bertz CT molecular complexity index is 2710. The van der Waals surface area contributed by atoms with Gasteiger partial charge in [0, 0.05) is 50.0 Å². The summed E-state index contributed by atoms with van der Waals surface area (Å²) in [5.41, 5.74) is 18.1. The van der Waals surface area contributed by atoms with Gasteiger partial charge in [0.25, 0.3) is 0 Å². The highest BCUT2D eigenvalue weighted by atomic mass is 15.0. The topological polar surface area (TPSA) is 64.5 Å². The van der Waals surface area contributed by atoms with Gasteiger partial charge in [-0.1, -0.05) is 125 Å². The third-order valence-electron chi connectivity index (χ3n) is 11.8. The summed E-state index contributed by atoms with van der Waals surface area (Å²) in [7, 11) is 0. The molecule has 0 radical (unpaired) electrons. The summed E-state index contributed by atoms with van der Waals surface area (Å²) < 4.78 is 0. The minimum absolute atomic E-state index is 0.256. The van der Waals surface area contributed by atoms with Crippen LogP contribution in [0.1, 0.15) is 61.3 Å². The maximum Gasteiger partial charge on any atom is 0.164 e. The van der Waals surface area contributed by atoms with E-state index in [2.05, 4.69) is 155 Å². The van der Waals surface area contributed by atoms with E-state index in [9.17, 15) is 0 Å². The Kier molecular flexibility index (Phi) is 7.56. The second-order valence-electron chi connectivity index (χ2n) is 16.2. The molecule has 0 saturated heterocycles. The predicted octanol–water partition coefficient (Wildman–Crippen LogP) is 12.2. The number of benzene rings is 5. The van der Waals surface area contributed by atoms with E-state index in [1.54, 1.807) is 0 Å². The number of rotatable bonds is 5. The van der Waals surface area contributed by atoms with Gasteiger partial charge in [0.15, 0.2) is 17.5 Å². The fraction of sp³-hybridized carbons (Fsp3) is 0.157. The second-order valence-corrected chi connectivity index (χ2v) is 16.2. The molecule has 0 unspecified atom stereocenters. The normalized spacial score (nSPS) is 14.2. The van der Waals surface area contributed by atoms with E-state index in [0.717, 1.165) is 50.6 Å². The Morgan fingerprint density at radius 3 is 1.18 bits per heavy atom. The van der Waals surface area contributed by atoms with Gasteiger partial charge in [-0.05, 0) is 101 Å². The molecule has 8 aromatic rings. The summed E-state index contributed by atoms with van der Waals surface area (Å²) in [5, 5.41) is 0. The van der Waals surface area contributed by atoms with Crippen molar-refractivity contribution in [3.05, 3.63) is 173 Å². The van der Waals surface area contributed by atoms with Gasteiger partial charge in [0.2, 0.25) is 0 Å². The molecule has 0 bridgehead atoms. The number of nitrogens with zero attached hydrogens (tertiary/aromatic N) is 5. The molecule has 0 spiro atoms. The molecule has 2 aliphatic rings. The van der Waals surface area contributed by atoms with Crippen molar-refractivity contribution in [2.75, 3.05) is 0 Å². The zero-order valence-corrected chi connectivity index (χ0v) is 32.5. The van der Waals surface area contributed by atoms with Crippen LogP contribution >= 0.6 is 0 Å². The Balaban J connectivity index is 1.26. The van der Waals surface area contributed by atoms with E-state index < -0.39 is 0 Å². The average Bonchev–Trinajstić information content (AvgIpc) is 3.60. The van der Waals surface area contributed by atoms with Crippen LogP contribution in [-0.2, 0) is 10.8 Å². The van der Waals surface area contributed by atoms with Crippen LogP contribution in [0.2, 0.25) is 0 Å². The maximum absolute atomic E-state index is 5.45. The van der Waals surface area contributed by atoms with E-state index >= 15 is 0 Å². The maximum atomic E-state index is 5.45. The van der Waals surface area contributed by atoms with E-state index in [-0.39, 0.29) is 10.8 Å². The molecule has 3 aromatic heterocycles. The molecular weight excluding hydrogens is 683 g/mol. The Hall–Kier alpha value is -6.59. The van der Waals surface area contributed by atoms with Crippen LogP contribution in [-0.4, -0.2) is 24.9 Å². The fourth-order valence-corrected chi connectivity index (χ4v) is 9.27. The molecule has 5 heteroatoms. The van der Waals surface area contributed by atoms with Crippen molar-refractivity contribution in [1.29, 1.82) is 0 Å². The Morgan fingerprint density at radius 2 is 0.714 bits per heavy atom. The van der Waals surface area contributed by atoms with Gasteiger partial charge in [-0.2, -0.15) is 0 Å². The molecule has 0 aliphatic heterocycles. The summed E-state index contributed by atoms with van der Waals surface area (Å²) >= 11 is 0. The van der Waals surface area contributed by atoms with Crippen LogP contribution in [0.15, 0.2) is 140 Å². The van der Waals surface area contributed by atoms with Crippen LogP contribution in [0.25, 0.3) is 78.9 Å². The second kappa shape index (κ2) is 12.5. The van der Waals surface area contributed by atoms with Gasteiger partial charge in [0.05, 0.1) is 11.4 Å². The zero-order chi connectivity index (χ0) is 38.3. The number of hydrogen-bond acceptors (Lipinski definition) is 5. The van der Waals surface area contributed by atoms with Crippen molar-refractivity contribution in [3.8, 4) is 78.9 Å². The predicted molar refractivity (Wildman–Crippen MR) is 227 cm³/mol. The van der Waals surface area contributed by atoms with Gasteiger partial charge in [-0.15, -0.1) is 0 Å². The minimum atomic E-state index is -0.256. The molecule has 0 amide bonds. The number of aryl methyl sites for hydroxylation is 2. The summed E-state index contributed by atoms with van der Waals surface area (Å²) in [6, 6.07) is 49.4. The Morgan fingerprint density at radius 1 is 0.339 bits per heavy atom. The molecule has 3 heterocycles. The minimum Gasteiger partial charge on any atom is -0.253 e. The van der Waals surface area contributed by atoms with Crippen LogP contribution in [0.5, 0.6) is 0 Å². The van der Waals surface area contributed by atoms with Gasteiger partial charge in [-0.3, -0.25) is 9.97 Å². The van der Waals surface area contributed by atoms with Gasteiger partial charge >= 0.3 is 0 Å². The van der Waals surface area contributed by atoms with Crippen LogP contribution in [0, 0.1) is 13.8 Å². The largest absolute Gasteiger partial charge is 0.253 e. The van der Waals surface area contributed by atoms with Gasteiger partial charge < -0.3 is 0 Å². The van der Waals surface area contributed by atoms with Crippen molar-refractivity contribution in [1.82, 2.24) is 24.9 Å². The highest BCUT2D eigenvalue weighted by Crippen LogP contribution is 2.53. The van der Waals surface area contributed by atoms with Crippen molar-refractivity contribution >= 4 is 0 Å². The van der Waals surface area contributed by atoms with E-state index in [4.69, 9.17) is 24.9 Å². The molecule has 56 heavy (non-hydrogen) atoms. The molecule has 10 rings (SSSR count). The van der Waals surface area contributed by atoms with E-state index in [1.165, 1.54) is 44.5 Å².